The number of aromatic nitrogens is 1. The second-order valence-corrected chi connectivity index (χ2v) is 5.43. The van der Waals surface area contributed by atoms with Gasteiger partial charge >= 0.3 is 0 Å². The van der Waals surface area contributed by atoms with Crippen molar-refractivity contribution in [3.05, 3.63) is 80.8 Å². The van der Waals surface area contributed by atoms with Crippen LogP contribution in [-0.4, -0.2) is 4.57 Å². The number of hydrogen-bond donors (Lipinski definition) is 0. The quantitative estimate of drug-likeness (QED) is 0.696. The molecule has 0 fully saturated rings. The van der Waals surface area contributed by atoms with Crippen molar-refractivity contribution in [2.75, 3.05) is 0 Å². The molecular formula is C16H11BrFNO. The van der Waals surface area contributed by atoms with E-state index in [1.807, 2.05) is 28.8 Å². The summed E-state index contributed by atoms with van der Waals surface area (Å²) in [4.78, 5) is 11.8. The van der Waals surface area contributed by atoms with Gasteiger partial charge in [-0.25, -0.2) is 4.39 Å². The SMILES string of the molecule is O=c1ccn(Cc2ccc(F)c(Br)c2)c2ccccc12. The van der Waals surface area contributed by atoms with Gasteiger partial charge < -0.3 is 4.57 Å². The van der Waals surface area contributed by atoms with Crippen LogP contribution in [0.2, 0.25) is 0 Å². The zero-order valence-corrected chi connectivity index (χ0v) is 12.1. The highest BCUT2D eigenvalue weighted by Gasteiger charge is 2.04. The van der Waals surface area contributed by atoms with Gasteiger partial charge in [0.15, 0.2) is 5.43 Å². The van der Waals surface area contributed by atoms with Gasteiger partial charge in [-0.1, -0.05) is 18.2 Å². The Kier molecular flexibility index (Phi) is 3.40. The van der Waals surface area contributed by atoms with Crippen molar-refractivity contribution in [1.29, 1.82) is 0 Å². The standard InChI is InChI=1S/C16H11BrFNO/c17-13-9-11(5-6-14(13)18)10-19-8-7-16(20)12-3-1-2-4-15(12)19/h1-9H,10H2. The molecule has 0 saturated carbocycles. The van der Waals surface area contributed by atoms with E-state index in [2.05, 4.69) is 15.9 Å². The third kappa shape index (κ3) is 2.39. The smallest absolute Gasteiger partial charge is 0.189 e. The predicted octanol–water partition coefficient (Wildman–Crippen LogP) is 3.95. The van der Waals surface area contributed by atoms with Gasteiger partial charge in [-0.15, -0.1) is 0 Å². The number of nitrogens with zero attached hydrogens (tertiary/aromatic N) is 1. The summed E-state index contributed by atoms with van der Waals surface area (Å²) in [5, 5.41) is 0.691. The zero-order valence-electron chi connectivity index (χ0n) is 10.5. The molecule has 1 aromatic heterocycles. The molecule has 0 aliphatic carbocycles. The minimum atomic E-state index is -0.279. The normalized spacial score (nSPS) is 10.9. The monoisotopic (exact) mass is 331 g/mol. The molecule has 3 aromatic rings. The van der Waals surface area contributed by atoms with Crippen molar-refractivity contribution in [2.45, 2.75) is 6.54 Å². The van der Waals surface area contributed by atoms with E-state index < -0.39 is 0 Å². The highest BCUT2D eigenvalue weighted by atomic mass is 79.9. The van der Waals surface area contributed by atoms with Crippen LogP contribution in [0, 0.1) is 5.82 Å². The van der Waals surface area contributed by atoms with Gasteiger partial charge in [0.05, 0.1) is 9.99 Å². The van der Waals surface area contributed by atoms with E-state index in [1.165, 1.54) is 6.07 Å². The molecule has 0 amide bonds. The molecule has 0 bridgehead atoms. The largest absolute Gasteiger partial charge is 0.343 e. The first kappa shape index (κ1) is 13.1. The Hall–Kier alpha value is -1.94. The topological polar surface area (TPSA) is 22.0 Å². The molecule has 2 nitrogen and oxygen atoms in total. The second-order valence-electron chi connectivity index (χ2n) is 4.57. The van der Waals surface area contributed by atoms with Crippen molar-refractivity contribution in [1.82, 2.24) is 4.57 Å². The number of fused-ring (bicyclic) bond motifs is 1. The maximum Gasteiger partial charge on any atom is 0.189 e. The lowest BCUT2D eigenvalue weighted by molar-refractivity contribution is 0.619. The number of benzene rings is 2. The van der Waals surface area contributed by atoms with Crippen LogP contribution in [0.4, 0.5) is 4.39 Å². The molecule has 1 heterocycles. The van der Waals surface area contributed by atoms with Crippen LogP contribution in [0.15, 0.2) is 64.0 Å². The average Bonchev–Trinajstić information content (AvgIpc) is 2.46. The predicted molar refractivity (Wildman–Crippen MR) is 81.4 cm³/mol. The van der Waals surface area contributed by atoms with Crippen molar-refractivity contribution in [2.24, 2.45) is 0 Å². The molecule has 0 radical (unpaired) electrons. The highest BCUT2D eigenvalue weighted by Crippen LogP contribution is 2.18. The molecule has 0 saturated heterocycles. The number of halogens is 2. The molecule has 0 N–H and O–H groups in total. The van der Waals surface area contributed by atoms with E-state index in [4.69, 9.17) is 0 Å². The number of hydrogen-bond acceptors (Lipinski definition) is 1. The van der Waals surface area contributed by atoms with Gasteiger partial charge in [-0.05, 0) is 45.8 Å². The lowest BCUT2D eigenvalue weighted by Crippen LogP contribution is -2.08. The van der Waals surface area contributed by atoms with Crippen LogP contribution in [0.25, 0.3) is 10.9 Å². The molecule has 20 heavy (non-hydrogen) atoms. The van der Waals surface area contributed by atoms with Gasteiger partial charge in [0.1, 0.15) is 5.82 Å². The molecule has 100 valence electrons. The minimum absolute atomic E-state index is 0.0112. The fraction of sp³-hybridized carbons (Fsp3) is 0.0625. The first-order valence-corrected chi connectivity index (χ1v) is 6.96. The van der Waals surface area contributed by atoms with E-state index in [0.717, 1.165) is 11.1 Å². The molecule has 0 unspecified atom stereocenters. The van der Waals surface area contributed by atoms with Crippen LogP contribution >= 0.6 is 15.9 Å². The van der Waals surface area contributed by atoms with Crippen LogP contribution in [-0.2, 0) is 6.54 Å². The van der Waals surface area contributed by atoms with Crippen LogP contribution < -0.4 is 5.43 Å². The third-order valence-electron chi connectivity index (χ3n) is 3.22. The molecule has 4 heteroatoms. The van der Waals surface area contributed by atoms with Gasteiger partial charge in [-0.3, -0.25) is 4.79 Å². The van der Waals surface area contributed by atoms with Crippen molar-refractivity contribution in [3.8, 4) is 0 Å². The van der Waals surface area contributed by atoms with Gasteiger partial charge in [-0.2, -0.15) is 0 Å². The summed E-state index contributed by atoms with van der Waals surface area (Å²) in [5.74, 6) is -0.279. The molecule has 3 rings (SSSR count). The Morgan fingerprint density at radius 1 is 1.10 bits per heavy atom. The second kappa shape index (κ2) is 5.21. The lowest BCUT2D eigenvalue weighted by Gasteiger charge is -2.11. The van der Waals surface area contributed by atoms with E-state index in [-0.39, 0.29) is 11.2 Å². The third-order valence-corrected chi connectivity index (χ3v) is 3.83. The molecule has 0 spiro atoms. The van der Waals surface area contributed by atoms with Crippen molar-refractivity contribution < 1.29 is 4.39 Å². The number of rotatable bonds is 2. The summed E-state index contributed by atoms with van der Waals surface area (Å²) in [7, 11) is 0. The maximum absolute atomic E-state index is 13.2. The first-order valence-electron chi connectivity index (χ1n) is 6.17. The van der Waals surface area contributed by atoms with Crippen LogP contribution in [0.3, 0.4) is 0 Å². The summed E-state index contributed by atoms with van der Waals surface area (Å²) in [5.41, 5.74) is 1.85. The van der Waals surface area contributed by atoms with Crippen molar-refractivity contribution in [3.63, 3.8) is 0 Å². The Morgan fingerprint density at radius 3 is 2.70 bits per heavy atom. The fourth-order valence-electron chi connectivity index (χ4n) is 2.23. The maximum atomic E-state index is 13.2. The van der Waals surface area contributed by atoms with Crippen LogP contribution in [0.5, 0.6) is 0 Å². The molecule has 0 atom stereocenters. The van der Waals surface area contributed by atoms with Gasteiger partial charge in [0, 0.05) is 24.2 Å². The molecule has 0 aliphatic heterocycles. The Labute approximate surface area is 123 Å². The van der Waals surface area contributed by atoms with E-state index in [9.17, 15) is 9.18 Å². The Morgan fingerprint density at radius 2 is 1.90 bits per heavy atom. The molecule has 2 aromatic carbocycles. The van der Waals surface area contributed by atoms with Gasteiger partial charge in [0.2, 0.25) is 0 Å². The summed E-state index contributed by atoms with van der Waals surface area (Å²) >= 11 is 3.19. The highest BCUT2D eigenvalue weighted by molar-refractivity contribution is 9.10. The molecule has 0 aliphatic rings. The van der Waals surface area contributed by atoms with E-state index in [0.29, 0.717) is 16.4 Å². The summed E-state index contributed by atoms with van der Waals surface area (Å²) in [6.45, 7) is 0.583. The zero-order chi connectivity index (χ0) is 14.1. The van der Waals surface area contributed by atoms with E-state index in [1.54, 1.807) is 24.4 Å². The minimum Gasteiger partial charge on any atom is -0.343 e. The Balaban J connectivity index is 2.09. The van der Waals surface area contributed by atoms with Crippen molar-refractivity contribution >= 4 is 26.8 Å². The number of para-hydroxylation sites is 1. The molecular weight excluding hydrogens is 321 g/mol. The van der Waals surface area contributed by atoms with Gasteiger partial charge in [0.25, 0.3) is 0 Å². The summed E-state index contributed by atoms with van der Waals surface area (Å²) in [6, 6.07) is 14.0. The lowest BCUT2D eigenvalue weighted by atomic mass is 10.1. The Bertz CT molecular complexity index is 841. The fourth-order valence-corrected chi connectivity index (χ4v) is 2.66. The summed E-state index contributed by atoms with van der Waals surface area (Å²) in [6.07, 6.45) is 1.77. The van der Waals surface area contributed by atoms with E-state index >= 15 is 0 Å². The van der Waals surface area contributed by atoms with Crippen LogP contribution in [0.1, 0.15) is 5.56 Å². The first-order chi connectivity index (χ1) is 9.65. The number of pyridine rings is 1. The summed E-state index contributed by atoms with van der Waals surface area (Å²) < 4.78 is 15.7. The average molecular weight is 332 g/mol.